The third kappa shape index (κ3) is 8.01. The van der Waals surface area contributed by atoms with Gasteiger partial charge in [0.05, 0.1) is 0 Å². The Labute approximate surface area is 83.9 Å². The third-order valence-corrected chi connectivity index (χ3v) is 2.73. The number of unbranched alkanes of at least 4 members (excludes halogenated alkanes) is 5. The summed E-state index contributed by atoms with van der Waals surface area (Å²) in [5.74, 6) is 0. The fourth-order valence-electron chi connectivity index (χ4n) is 1.44. The molecule has 0 N–H and O–H groups in total. The molecule has 1 atom stereocenters. The highest BCUT2D eigenvalue weighted by Crippen LogP contribution is 2.09. The predicted molar refractivity (Wildman–Crippen MR) is 60.8 cm³/mol. The van der Waals surface area contributed by atoms with E-state index in [-0.39, 0.29) is 0 Å². The van der Waals surface area contributed by atoms with Crippen molar-refractivity contribution in [1.29, 1.82) is 0 Å². The lowest BCUT2D eigenvalue weighted by Crippen LogP contribution is -2.16. The van der Waals surface area contributed by atoms with Crippen LogP contribution in [-0.4, -0.2) is 24.4 Å². The van der Waals surface area contributed by atoms with E-state index in [2.05, 4.69) is 32.2 Å². The number of hydrogen-bond donors (Lipinski definition) is 0. The van der Waals surface area contributed by atoms with E-state index in [1.807, 2.05) is 0 Å². The molecule has 0 aliphatic carbocycles. The van der Waals surface area contributed by atoms with Gasteiger partial charge in [-0.25, -0.2) is 4.58 Å². The van der Waals surface area contributed by atoms with Crippen LogP contribution in [0.4, 0.5) is 0 Å². The second-order valence-electron chi connectivity index (χ2n) is 4.16. The van der Waals surface area contributed by atoms with Crippen molar-refractivity contribution in [1.82, 2.24) is 0 Å². The van der Waals surface area contributed by atoms with Crippen LogP contribution >= 0.6 is 0 Å². The van der Waals surface area contributed by atoms with Gasteiger partial charge in [0.25, 0.3) is 0 Å². The van der Waals surface area contributed by atoms with E-state index in [4.69, 9.17) is 0 Å². The van der Waals surface area contributed by atoms with Gasteiger partial charge in [-0.3, -0.25) is 0 Å². The Morgan fingerprint density at radius 3 is 2.15 bits per heavy atom. The van der Waals surface area contributed by atoms with Gasteiger partial charge < -0.3 is 0 Å². The van der Waals surface area contributed by atoms with Crippen LogP contribution in [-0.2, 0) is 0 Å². The topological polar surface area (TPSA) is 3.01 Å². The molecule has 13 heavy (non-hydrogen) atoms. The average Bonchev–Trinajstić information content (AvgIpc) is 2.10. The molecule has 0 aliphatic rings. The lowest BCUT2D eigenvalue weighted by Gasteiger charge is -2.06. The van der Waals surface area contributed by atoms with Gasteiger partial charge >= 0.3 is 0 Å². The van der Waals surface area contributed by atoms with Crippen molar-refractivity contribution in [3.05, 3.63) is 0 Å². The molecular formula is C12H26N+. The first-order valence-electron chi connectivity index (χ1n) is 5.71. The van der Waals surface area contributed by atoms with Gasteiger partial charge in [-0.2, -0.15) is 0 Å². The van der Waals surface area contributed by atoms with Gasteiger partial charge in [0.15, 0.2) is 0 Å². The van der Waals surface area contributed by atoms with Crippen molar-refractivity contribution in [2.75, 3.05) is 7.05 Å². The molecule has 0 spiro atoms. The lowest BCUT2D eigenvalue weighted by atomic mass is 10.1. The monoisotopic (exact) mass is 184 g/mol. The van der Waals surface area contributed by atoms with Crippen molar-refractivity contribution in [3.8, 4) is 0 Å². The average molecular weight is 184 g/mol. The Bertz CT molecular complexity index is 129. The van der Waals surface area contributed by atoms with Crippen molar-refractivity contribution in [2.24, 2.45) is 0 Å². The fraction of sp³-hybridized carbons (Fsp3) is 0.917. The number of nitrogens with zero attached hydrogens (tertiary/aromatic N) is 1. The van der Waals surface area contributed by atoms with Crippen LogP contribution in [0.15, 0.2) is 0 Å². The summed E-state index contributed by atoms with van der Waals surface area (Å²) in [5, 5.41) is 0. The summed E-state index contributed by atoms with van der Waals surface area (Å²) < 4.78 is 2.06. The Morgan fingerprint density at radius 2 is 1.62 bits per heavy atom. The minimum atomic E-state index is 0.645. The molecule has 0 radical (unpaired) electrons. The first-order valence-corrected chi connectivity index (χ1v) is 5.71. The Hall–Kier alpha value is -0.330. The summed E-state index contributed by atoms with van der Waals surface area (Å²) in [6.45, 7) is 8.41. The molecule has 0 aromatic heterocycles. The molecule has 1 nitrogen and oxygen atoms in total. The molecule has 0 saturated heterocycles. The molecule has 0 aromatic carbocycles. The summed E-state index contributed by atoms with van der Waals surface area (Å²) in [6, 6.07) is 0.645. The summed E-state index contributed by atoms with van der Waals surface area (Å²) in [7, 11) is 2.06. The molecule has 1 unspecified atom stereocenters. The molecule has 0 saturated carbocycles. The SMILES string of the molecule is C=[N+](C)C(C)CCCCCCCC. The van der Waals surface area contributed by atoms with Crippen LogP contribution in [0.1, 0.15) is 58.8 Å². The van der Waals surface area contributed by atoms with E-state index in [9.17, 15) is 0 Å². The van der Waals surface area contributed by atoms with Crippen molar-refractivity contribution >= 4 is 6.72 Å². The first-order chi connectivity index (χ1) is 6.18. The van der Waals surface area contributed by atoms with E-state index in [0.717, 1.165) is 0 Å². The largest absolute Gasteiger partial charge is 0.243 e. The first kappa shape index (κ1) is 12.7. The minimum absolute atomic E-state index is 0.645. The summed E-state index contributed by atoms with van der Waals surface area (Å²) in [4.78, 5) is 0. The zero-order valence-corrected chi connectivity index (χ0v) is 9.68. The van der Waals surface area contributed by atoms with Crippen LogP contribution in [0.5, 0.6) is 0 Å². The van der Waals surface area contributed by atoms with Crippen LogP contribution in [0.25, 0.3) is 0 Å². The van der Waals surface area contributed by atoms with E-state index >= 15 is 0 Å². The van der Waals surface area contributed by atoms with Gasteiger partial charge in [-0.15, -0.1) is 0 Å². The van der Waals surface area contributed by atoms with Gasteiger partial charge in [-0.05, 0) is 13.3 Å². The van der Waals surface area contributed by atoms with E-state index in [0.29, 0.717) is 6.04 Å². The van der Waals surface area contributed by atoms with Crippen LogP contribution in [0.3, 0.4) is 0 Å². The second-order valence-corrected chi connectivity index (χ2v) is 4.16. The van der Waals surface area contributed by atoms with Gasteiger partial charge in [-0.1, -0.05) is 39.0 Å². The maximum Gasteiger partial charge on any atom is 0.149 e. The highest BCUT2D eigenvalue weighted by Gasteiger charge is 2.06. The second kappa shape index (κ2) is 8.28. The maximum absolute atomic E-state index is 3.90. The molecule has 0 aliphatic heterocycles. The van der Waals surface area contributed by atoms with Crippen molar-refractivity contribution in [3.63, 3.8) is 0 Å². The molecule has 78 valence electrons. The molecule has 0 fully saturated rings. The van der Waals surface area contributed by atoms with E-state index < -0.39 is 0 Å². The normalized spacial score (nSPS) is 12.8. The highest BCUT2D eigenvalue weighted by atomic mass is 15.0. The molecule has 0 heterocycles. The summed E-state index contributed by atoms with van der Waals surface area (Å²) >= 11 is 0. The maximum atomic E-state index is 3.90. The fourth-order valence-corrected chi connectivity index (χ4v) is 1.44. The number of rotatable bonds is 8. The molecular weight excluding hydrogens is 158 g/mol. The molecule has 1 heteroatoms. The summed E-state index contributed by atoms with van der Waals surface area (Å²) in [5.41, 5.74) is 0. The summed E-state index contributed by atoms with van der Waals surface area (Å²) in [6.07, 6.45) is 9.66. The van der Waals surface area contributed by atoms with Crippen LogP contribution in [0.2, 0.25) is 0 Å². The Kier molecular flexibility index (Phi) is 8.07. The molecule has 0 amide bonds. The third-order valence-electron chi connectivity index (χ3n) is 2.73. The van der Waals surface area contributed by atoms with Crippen molar-refractivity contribution in [2.45, 2.75) is 64.8 Å². The lowest BCUT2D eigenvalue weighted by molar-refractivity contribution is -0.526. The van der Waals surface area contributed by atoms with Gasteiger partial charge in [0.2, 0.25) is 0 Å². The predicted octanol–water partition coefficient (Wildman–Crippen LogP) is 3.47. The zero-order valence-electron chi connectivity index (χ0n) is 9.68. The molecule has 0 rings (SSSR count). The Balaban J connectivity index is 3.11. The molecule has 0 aromatic rings. The van der Waals surface area contributed by atoms with Gasteiger partial charge in [0, 0.05) is 6.42 Å². The number of hydrogen-bond acceptors (Lipinski definition) is 0. The highest BCUT2D eigenvalue weighted by molar-refractivity contribution is 5.14. The zero-order chi connectivity index (χ0) is 10.1. The Morgan fingerprint density at radius 1 is 1.08 bits per heavy atom. The quantitative estimate of drug-likeness (QED) is 0.309. The molecule has 0 bridgehead atoms. The van der Waals surface area contributed by atoms with Crippen LogP contribution in [0, 0.1) is 0 Å². The van der Waals surface area contributed by atoms with Gasteiger partial charge in [0.1, 0.15) is 19.8 Å². The minimum Gasteiger partial charge on any atom is -0.243 e. The van der Waals surface area contributed by atoms with Crippen LogP contribution < -0.4 is 0 Å². The van der Waals surface area contributed by atoms with Crippen molar-refractivity contribution < 1.29 is 4.58 Å². The standard InChI is InChI=1S/C12H26N/c1-5-6-7-8-9-10-11-12(2)13(3)4/h12H,3,5-11H2,1-2,4H3/q+1. The van der Waals surface area contributed by atoms with E-state index in [1.165, 1.54) is 44.9 Å². The van der Waals surface area contributed by atoms with E-state index in [1.54, 1.807) is 0 Å². The smallest absolute Gasteiger partial charge is 0.149 e.